The van der Waals surface area contributed by atoms with Crippen molar-refractivity contribution in [1.29, 1.82) is 0 Å². The summed E-state index contributed by atoms with van der Waals surface area (Å²) in [6, 6.07) is 0. The minimum atomic E-state index is 0.568. The number of hydrogen-bond donors (Lipinski definition) is 0. The average Bonchev–Trinajstić information content (AvgIpc) is 3.89. The van der Waals surface area contributed by atoms with Gasteiger partial charge < -0.3 is 0 Å². The van der Waals surface area contributed by atoms with Crippen LogP contribution in [0.15, 0.2) is 24.3 Å². The zero-order valence-corrected chi connectivity index (χ0v) is 34.7. The number of allylic oxidation sites excluding steroid dienone is 3. The van der Waals surface area contributed by atoms with Gasteiger partial charge in [-0.05, 0) is 134 Å². The van der Waals surface area contributed by atoms with Crippen LogP contribution in [0.3, 0.4) is 0 Å². The van der Waals surface area contributed by atoms with E-state index in [1.54, 1.807) is 0 Å². The molecule has 0 aromatic carbocycles. The molecule has 0 amide bonds. The minimum absolute atomic E-state index is 0.568. The molecule has 3 fully saturated rings. The van der Waals surface area contributed by atoms with E-state index in [-0.39, 0.29) is 0 Å². The maximum Gasteiger partial charge on any atom is -0.0238 e. The second-order valence-electron chi connectivity index (χ2n) is 19.5. The highest BCUT2D eigenvalue weighted by Gasteiger charge is 2.65. The molecule has 0 bridgehead atoms. The Bertz CT molecular complexity index is 920. The van der Waals surface area contributed by atoms with Crippen molar-refractivity contribution in [2.75, 3.05) is 0 Å². The molecule has 0 aromatic heterocycles. The summed E-state index contributed by atoms with van der Waals surface area (Å²) < 4.78 is 0. The van der Waals surface area contributed by atoms with Gasteiger partial charge in [-0.25, -0.2) is 0 Å². The molecule has 3 saturated carbocycles. The number of unbranched alkanes of at least 4 members (excludes halogenated alkanes) is 7. The zero-order chi connectivity index (χ0) is 35.3. The standard InChI is InChI=1S/C48H88/c1-12-15-17-20-24-38(7)33-42-29-30-44(42)39(8)45-35-43(45)34-40(27-28-41(36(4)5)32-37(6)14-3)25-21-19-23-31-48(11)46(47(48,9)10)26-22-18-16-13-2/h20,24,36-37,39-46H,7,12-19,21-23,25-35H2,1-6,8-11H3. The van der Waals surface area contributed by atoms with Gasteiger partial charge in [0.1, 0.15) is 0 Å². The lowest BCUT2D eigenvalue weighted by Gasteiger charge is -2.41. The maximum atomic E-state index is 4.45. The molecule has 3 aliphatic rings. The van der Waals surface area contributed by atoms with Gasteiger partial charge in [0.25, 0.3) is 0 Å². The van der Waals surface area contributed by atoms with E-state index in [4.69, 9.17) is 0 Å². The summed E-state index contributed by atoms with van der Waals surface area (Å²) in [7, 11) is 0. The molecule has 0 heterocycles. The van der Waals surface area contributed by atoms with Gasteiger partial charge in [-0.3, -0.25) is 0 Å². The first-order valence-electron chi connectivity index (χ1n) is 22.2. The van der Waals surface area contributed by atoms with Gasteiger partial charge in [0.15, 0.2) is 0 Å². The first kappa shape index (κ1) is 41.9. The van der Waals surface area contributed by atoms with E-state index in [0.717, 1.165) is 59.2 Å². The minimum Gasteiger partial charge on any atom is -0.0958 e. The molecule has 0 heteroatoms. The molecule has 0 saturated heterocycles. The lowest BCUT2D eigenvalue weighted by molar-refractivity contribution is 0.0962. The van der Waals surface area contributed by atoms with Crippen molar-refractivity contribution in [3.8, 4) is 0 Å². The summed E-state index contributed by atoms with van der Waals surface area (Å²) in [6.07, 6.45) is 36.1. The quantitative estimate of drug-likeness (QED) is 0.0577. The van der Waals surface area contributed by atoms with Gasteiger partial charge in [0.05, 0.1) is 0 Å². The summed E-state index contributed by atoms with van der Waals surface area (Å²) in [6.45, 7) is 29.4. The van der Waals surface area contributed by atoms with Crippen molar-refractivity contribution in [2.24, 2.45) is 70.0 Å². The molecule has 0 radical (unpaired) electrons. The zero-order valence-electron chi connectivity index (χ0n) is 34.7. The molecule has 0 nitrogen and oxygen atoms in total. The largest absolute Gasteiger partial charge is 0.0958 e. The van der Waals surface area contributed by atoms with E-state index >= 15 is 0 Å². The second-order valence-corrected chi connectivity index (χ2v) is 19.5. The Morgan fingerprint density at radius 3 is 2.17 bits per heavy atom. The molecular formula is C48H88. The fraction of sp³-hybridized carbons (Fsp3) is 0.917. The van der Waals surface area contributed by atoms with Crippen molar-refractivity contribution in [3.63, 3.8) is 0 Å². The van der Waals surface area contributed by atoms with Crippen molar-refractivity contribution in [3.05, 3.63) is 24.3 Å². The van der Waals surface area contributed by atoms with Crippen LogP contribution in [-0.2, 0) is 0 Å². The van der Waals surface area contributed by atoms with Crippen LogP contribution >= 0.6 is 0 Å². The molecule has 280 valence electrons. The molecule has 0 spiro atoms. The first-order chi connectivity index (χ1) is 22.9. The monoisotopic (exact) mass is 665 g/mol. The topological polar surface area (TPSA) is 0 Å². The summed E-state index contributed by atoms with van der Waals surface area (Å²) in [5.74, 6) is 9.40. The molecule has 0 aromatic rings. The van der Waals surface area contributed by atoms with Crippen molar-refractivity contribution in [1.82, 2.24) is 0 Å². The fourth-order valence-corrected chi connectivity index (χ4v) is 10.9. The second kappa shape index (κ2) is 20.5. The van der Waals surface area contributed by atoms with Gasteiger partial charge >= 0.3 is 0 Å². The summed E-state index contributed by atoms with van der Waals surface area (Å²) in [4.78, 5) is 0. The Morgan fingerprint density at radius 2 is 1.52 bits per heavy atom. The lowest BCUT2D eigenvalue weighted by atomic mass is 9.64. The fourth-order valence-electron chi connectivity index (χ4n) is 10.9. The third-order valence-corrected chi connectivity index (χ3v) is 15.5. The Morgan fingerprint density at radius 1 is 0.792 bits per heavy atom. The van der Waals surface area contributed by atoms with Crippen molar-refractivity contribution in [2.45, 2.75) is 210 Å². The maximum absolute atomic E-state index is 4.45. The van der Waals surface area contributed by atoms with E-state index in [9.17, 15) is 0 Å². The van der Waals surface area contributed by atoms with E-state index in [1.165, 1.54) is 147 Å². The van der Waals surface area contributed by atoms with E-state index < -0.39 is 0 Å². The molecule has 0 aliphatic heterocycles. The Labute approximate surface area is 303 Å². The van der Waals surface area contributed by atoms with Gasteiger partial charge in [0.2, 0.25) is 0 Å². The Hall–Kier alpha value is -0.520. The van der Waals surface area contributed by atoms with Gasteiger partial charge in [-0.1, -0.05) is 171 Å². The highest BCUT2D eigenvalue weighted by atomic mass is 14.7. The van der Waals surface area contributed by atoms with E-state index in [0.29, 0.717) is 10.8 Å². The van der Waals surface area contributed by atoms with E-state index in [2.05, 4.69) is 88.0 Å². The molecule has 10 unspecified atom stereocenters. The van der Waals surface area contributed by atoms with Crippen LogP contribution in [0, 0.1) is 70.0 Å². The van der Waals surface area contributed by atoms with Crippen LogP contribution in [0.5, 0.6) is 0 Å². The third kappa shape index (κ3) is 12.3. The lowest BCUT2D eigenvalue weighted by Crippen LogP contribution is -2.32. The van der Waals surface area contributed by atoms with Crippen LogP contribution in [0.2, 0.25) is 0 Å². The smallest absolute Gasteiger partial charge is 0.0238 e. The first-order valence-corrected chi connectivity index (χ1v) is 22.2. The SMILES string of the molecule is C=C(C=CCCCC)CC1CCC1C(C)C1CC1CC(CCCCCC1(C)C(CCCCCC)C1(C)C)CCC(CC(C)CC)C(C)C. The predicted octanol–water partition coefficient (Wildman–Crippen LogP) is 16.1. The van der Waals surface area contributed by atoms with Crippen LogP contribution in [0.4, 0.5) is 0 Å². The molecule has 48 heavy (non-hydrogen) atoms. The van der Waals surface area contributed by atoms with Gasteiger partial charge in [-0.2, -0.15) is 0 Å². The molecular weight excluding hydrogens is 577 g/mol. The predicted molar refractivity (Wildman–Crippen MR) is 216 cm³/mol. The normalized spacial score (nSPS) is 30.3. The molecule has 3 rings (SSSR count). The highest BCUT2D eigenvalue weighted by Crippen LogP contribution is 2.72. The van der Waals surface area contributed by atoms with Gasteiger partial charge in [-0.15, -0.1) is 0 Å². The third-order valence-electron chi connectivity index (χ3n) is 15.5. The number of rotatable bonds is 28. The summed E-state index contributed by atoms with van der Waals surface area (Å²) >= 11 is 0. The van der Waals surface area contributed by atoms with E-state index in [1.807, 2.05) is 0 Å². The van der Waals surface area contributed by atoms with Crippen LogP contribution < -0.4 is 0 Å². The van der Waals surface area contributed by atoms with Crippen molar-refractivity contribution >= 4 is 0 Å². The van der Waals surface area contributed by atoms with Crippen LogP contribution in [-0.4, -0.2) is 0 Å². The average molecular weight is 665 g/mol. The van der Waals surface area contributed by atoms with Gasteiger partial charge in [0, 0.05) is 0 Å². The van der Waals surface area contributed by atoms with Crippen LogP contribution in [0.25, 0.3) is 0 Å². The Kier molecular flexibility index (Phi) is 17.9. The molecule has 0 N–H and O–H groups in total. The molecule has 10 atom stereocenters. The summed E-state index contributed by atoms with van der Waals surface area (Å²) in [5, 5.41) is 0. The Balaban J connectivity index is 1.48. The van der Waals surface area contributed by atoms with Crippen LogP contribution in [0.1, 0.15) is 210 Å². The number of hydrogen-bond acceptors (Lipinski definition) is 0. The molecule has 3 aliphatic carbocycles. The van der Waals surface area contributed by atoms with Crippen molar-refractivity contribution < 1.29 is 0 Å². The highest BCUT2D eigenvalue weighted by molar-refractivity contribution is 5.16. The summed E-state index contributed by atoms with van der Waals surface area (Å²) in [5.41, 5.74) is 2.56.